The van der Waals surface area contributed by atoms with E-state index in [-0.39, 0.29) is 5.91 Å². The maximum atomic E-state index is 13.2. The highest BCUT2D eigenvalue weighted by Crippen LogP contribution is 2.32. The van der Waals surface area contributed by atoms with Crippen LogP contribution in [0.15, 0.2) is 48.5 Å². The molecule has 0 bridgehead atoms. The number of morpholine rings is 1. The number of aromatic nitrogens is 1. The van der Waals surface area contributed by atoms with E-state index < -0.39 is 0 Å². The van der Waals surface area contributed by atoms with Crippen LogP contribution in [0.4, 0.5) is 5.13 Å². The number of fused-ring (bicyclic) bond motifs is 1. The van der Waals surface area contributed by atoms with E-state index in [1.807, 2.05) is 41.3 Å². The molecule has 2 heterocycles. The third-order valence-electron chi connectivity index (χ3n) is 5.75. The molecule has 6 heteroatoms. The van der Waals surface area contributed by atoms with Crippen molar-refractivity contribution in [3.05, 3.63) is 65.2 Å². The summed E-state index contributed by atoms with van der Waals surface area (Å²) in [5, 5.41) is 0.772. The molecule has 0 saturated carbocycles. The average molecular weight is 436 g/mol. The predicted octanol–water partition coefficient (Wildman–Crippen LogP) is 4.68. The Labute approximate surface area is 188 Å². The lowest BCUT2D eigenvalue weighted by Crippen LogP contribution is -2.39. The van der Waals surface area contributed by atoms with E-state index in [1.165, 1.54) is 11.1 Å². The fourth-order valence-corrected chi connectivity index (χ4v) is 4.79. The molecule has 0 unspecified atom stereocenters. The van der Waals surface area contributed by atoms with E-state index in [0.717, 1.165) is 60.2 Å². The van der Waals surface area contributed by atoms with Crippen molar-refractivity contribution in [3.8, 4) is 0 Å². The summed E-state index contributed by atoms with van der Waals surface area (Å²) in [5.41, 5.74) is 4.41. The molecular weight excluding hydrogens is 406 g/mol. The smallest absolute Gasteiger partial charge is 0.252 e. The van der Waals surface area contributed by atoms with Crippen molar-refractivity contribution in [3.63, 3.8) is 0 Å². The summed E-state index contributed by atoms with van der Waals surface area (Å²) in [6.45, 7) is 9.30. The molecule has 5 nitrogen and oxygen atoms in total. The molecule has 0 aliphatic carbocycles. The van der Waals surface area contributed by atoms with E-state index in [4.69, 9.17) is 9.72 Å². The lowest BCUT2D eigenvalue weighted by atomic mass is 10.1. The Morgan fingerprint density at radius 3 is 2.71 bits per heavy atom. The molecule has 3 aromatic rings. The molecule has 1 aromatic heterocycles. The van der Waals surface area contributed by atoms with Crippen LogP contribution in [0.3, 0.4) is 0 Å². The van der Waals surface area contributed by atoms with Gasteiger partial charge in [-0.15, -0.1) is 0 Å². The second kappa shape index (κ2) is 10.2. The molecule has 1 aliphatic heterocycles. The molecule has 31 heavy (non-hydrogen) atoms. The summed E-state index contributed by atoms with van der Waals surface area (Å²) in [6, 6.07) is 14.1. The predicted molar refractivity (Wildman–Crippen MR) is 129 cm³/mol. The third-order valence-corrected chi connectivity index (χ3v) is 6.79. The molecular formula is C25H29N3O2S. The van der Waals surface area contributed by atoms with Gasteiger partial charge in [0.2, 0.25) is 0 Å². The minimum absolute atomic E-state index is 0.0285. The Morgan fingerprint density at radius 1 is 1.16 bits per heavy atom. The van der Waals surface area contributed by atoms with Crippen LogP contribution in [0.2, 0.25) is 0 Å². The normalized spacial score (nSPS) is 15.0. The summed E-state index contributed by atoms with van der Waals surface area (Å²) < 4.78 is 6.56. The van der Waals surface area contributed by atoms with Crippen molar-refractivity contribution in [2.45, 2.75) is 20.3 Å². The third kappa shape index (κ3) is 5.39. The number of nitrogens with zero attached hydrogens (tertiary/aromatic N) is 3. The van der Waals surface area contributed by atoms with Gasteiger partial charge in [-0.25, -0.2) is 4.98 Å². The molecule has 4 rings (SSSR count). The number of hydrogen-bond donors (Lipinski definition) is 0. The zero-order chi connectivity index (χ0) is 21.6. The topological polar surface area (TPSA) is 45.7 Å². The molecule has 0 atom stereocenters. The standard InChI is InChI=1S/C25H29N3O2S/c1-19-9-11-22-24(20(19)2)26-25(31-22)28(14-6-13-27-15-17-30-18-16-27)23(29)12-10-21-7-4-3-5-8-21/h3-5,7-12H,6,13-18H2,1-2H3/b12-10+. The van der Waals surface area contributed by atoms with E-state index >= 15 is 0 Å². The van der Waals surface area contributed by atoms with Gasteiger partial charge in [0, 0.05) is 32.3 Å². The Bertz CT molecular complexity index is 1060. The highest BCUT2D eigenvalue weighted by Gasteiger charge is 2.19. The Morgan fingerprint density at radius 2 is 1.94 bits per heavy atom. The number of benzene rings is 2. The van der Waals surface area contributed by atoms with Gasteiger partial charge in [-0.3, -0.25) is 14.6 Å². The van der Waals surface area contributed by atoms with Crippen molar-refractivity contribution >= 4 is 38.7 Å². The first-order valence-corrected chi connectivity index (χ1v) is 11.6. The van der Waals surface area contributed by atoms with Crippen LogP contribution >= 0.6 is 11.3 Å². The summed E-state index contributed by atoms with van der Waals surface area (Å²) in [4.78, 5) is 22.3. The van der Waals surface area contributed by atoms with Crippen molar-refractivity contribution < 1.29 is 9.53 Å². The van der Waals surface area contributed by atoms with Gasteiger partial charge in [-0.2, -0.15) is 0 Å². The van der Waals surface area contributed by atoms with Gasteiger partial charge in [0.15, 0.2) is 5.13 Å². The molecule has 1 aliphatic rings. The SMILES string of the molecule is Cc1ccc2sc(N(CCCN3CCOCC3)C(=O)/C=C/c3ccccc3)nc2c1C. The molecule has 162 valence electrons. The maximum absolute atomic E-state index is 13.2. The molecule has 1 saturated heterocycles. The second-order valence-electron chi connectivity index (χ2n) is 7.89. The lowest BCUT2D eigenvalue weighted by Gasteiger charge is -2.27. The van der Waals surface area contributed by atoms with Crippen LogP contribution in [0.1, 0.15) is 23.1 Å². The average Bonchev–Trinajstić information content (AvgIpc) is 3.24. The first kappa shape index (κ1) is 21.7. The minimum Gasteiger partial charge on any atom is -0.379 e. The van der Waals surface area contributed by atoms with Gasteiger partial charge in [0.1, 0.15) is 0 Å². The molecule has 1 amide bonds. The highest BCUT2D eigenvalue weighted by molar-refractivity contribution is 7.22. The number of thiazole rings is 1. The fourth-order valence-electron chi connectivity index (χ4n) is 3.73. The number of carbonyl (C=O) groups excluding carboxylic acids is 1. The Hall–Kier alpha value is -2.54. The van der Waals surface area contributed by atoms with E-state index in [2.05, 4.69) is 30.9 Å². The summed E-state index contributed by atoms with van der Waals surface area (Å²) in [5.74, 6) is -0.0285. The zero-order valence-corrected chi connectivity index (χ0v) is 19.0. The molecule has 0 radical (unpaired) electrons. The molecule has 2 aromatic carbocycles. The van der Waals surface area contributed by atoms with Crippen LogP contribution < -0.4 is 4.90 Å². The van der Waals surface area contributed by atoms with Crippen molar-refractivity contribution in [1.82, 2.24) is 9.88 Å². The first-order chi connectivity index (χ1) is 15.1. The number of aryl methyl sites for hydroxylation is 2. The quantitative estimate of drug-likeness (QED) is 0.506. The van der Waals surface area contributed by atoms with E-state index in [0.29, 0.717) is 6.54 Å². The second-order valence-corrected chi connectivity index (χ2v) is 8.90. The number of anilines is 1. The Kier molecular flexibility index (Phi) is 7.12. The van der Waals surface area contributed by atoms with Crippen LogP contribution in [-0.2, 0) is 9.53 Å². The van der Waals surface area contributed by atoms with Crippen molar-refractivity contribution in [2.24, 2.45) is 0 Å². The van der Waals surface area contributed by atoms with Gasteiger partial charge in [-0.1, -0.05) is 47.7 Å². The largest absolute Gasteiger partial charge is 0.379 e. The Balaban J connectivity index is 1.54. The maximum Gasteiger partial charge on any atom is 0.252 e. The minimum atomic E-state index is -0.0285. The van der Waals surface area contributed by atoms with Crippen molar-refractivity contribution in [2.75, 3.05) is 44.3 Å². The van der Waals surface area contributed by atoms with Gasteiger partial charge < -0.3 is 4.74 Å². The van der Waals surface area contributed by atoms with Gasteiger partial charge in [0.05, 0.1) is 23.4 Å². The van der Waals surface area contributed by atoms with Crippen LogP contribution in [0.25, 0.3) is 16.3 Å². The van der Waals surface area contributed by atoms with Crippen LogP contribution in [0.5, 0.6) is 0 Å². The number of rotatable bonds is 7. The number of carbonyl (C=O) groups is 1. The number of hydrogen-bond acceptors (Lipinski definition) is 5. The first-order valence-electron chi connectivity index (χ1n) is 10.8. The summed E-state index contributed by atoms with van der Waals surface area (Å²) in [6.07, 6.45) is 4.44. The monoisotopic (exact) mass is 435 g/mol. The van der Waals surface area contributed by atoms with Gasteiger partial charge in [-0.05, 0) is 49.1 Å². The fraction of sp³-hybridized carbons (Fsp3) is 0.360. The van der Waals surface area contributed by atoms with E-state index in [1.54, 1.807) is 17.4 Å². The summed E-state index contributed by atoms with van der Waals surface area (Å²) in [7, 11) is 0. The van der Waals surface area contributed by atoms with Gasteiger partial charge >= 0.3 is 0 Å². The van der Waals surface area contributed by atoms with Gasteiger partial charge in [0.25, 0.3) is 5.91 Å². The number of amides is 1. The molecule has 0 spiro atoms. The van der Waals surface area contributed by atoms with Crippen LogP contribution in [-0.4, -0.2) is 55.2 Å². The van der Waals surface area contributed by atoms with Crippen molar-refractivity contribution in [1.29, 1.82) is 0 Å². The molecule has 0 N–H and O–H groups in total. The highest BCUT2D eigenvalue weighted by atomic mass is 32.1. The molecule has 1 fully saturated rings. The van der Waals surface area contributed by atoms with E-state index in [9.17, 15) is 4.79 Å². The zero-order valence-electron chi connectivity index (χ0n) is 18.2. The summed E-state index contributed by atoms with van der Waals surface area (Å²) >= 11 is 1.59. The lowest BCUT2D eigenvalue weighted by molar-refractivity contribution is -0.114. The van der Waals surface area contributed by atoms with Crippen LogP contribution in [0, 0.1) is 13.8 Å². The number of ether oxygens (including phenoxy) is 1.